The van der Waals surface area contributed by atoms with Crippen LogP contribution in [0.5, 0.6) is 0 Å². The van der Waals surface area contributed by atoms with Crippen LogP contribution in [-0.2, 0) is 12.0 Å². The molecule has 2 heterocycles. The van der Waals surface area contributed by atoms with Crippen molar-refractivity contribution in [3.8, 4) is 0 Å². The number of nitrogens with zero attached hydrogens (tertiary/aromatic N) is 2. The number of thioether (sulfide) groups is 1. The van der Waals surface area contributed by atoms with Gasteiger partial charge in [-0.3, -0.25) is 4.99 Å². The number of hydrogen-bond donors (Lipinski definition) is 2. The summed E-state index contributed by atoms with van der Waals surface area (Å²) in [5.41, 5.74) is 1.21. The molecular weight excluding hydrogens is 427 g/mol. The van der Waals surface area contributed by atoms with Gasteiger partial charge in [-0.1, -0.05) is 20.8 Å². The van der Waals surface area contributed by atoms with E-state index in [9.17, 15) is 0 Å². The van der Waals surface area contributed by atoms with Crippen LogP contribution in [0.1, 0.15) is 44.3 Å². The van der Waals surface area contributed by atoms with Gasteiger partial charge in [-0.15, -0.1) is 35.3 Å². The third-order valence-corrected chi connectivity index (χ3v) is 6.09. The molecule has 1 atom stereocenters. The zero-order chi connectivity index (χ0) is 15.3. The molecule has 126 valence electrons. The van der Waals surface area contributed by atoms with Crippen LogP contribution in [0.25, 0.3) is 0 Å². The molecule has 0 aromatic carbocycles. The van der Waals surface area contributed by atoms with Crippen molar-refractivity contribution < 1.29 is 0 Å². The Kier molecular flexibility index (Phi) is 8.48. The van der Waals surface area contributed by atoms with Crippen molar-refractivity contribution in [3.63, 3.8) is 0 Å². The molecular formula is C15H27IN4S2. The van der Waals surface area contributed by atoms with E-state index in [0.717, 1.165) is 30.0 Å². The van der Waals surface area contributed by atoms with Gasteiger partial charge in [-0.2, -0.15) is 11.8 Å². The molecule has 0 bridgehead atoms. The summed E-state index contributed by atoms with van der Waals surface area (Å²) in [6.07, 6.45) is 2.66. The van der Waals surface area contributed by atoms with Crippen molar-refractivity contribution in [1.29, 1.82) is 0 Å². The lowest BCUT2D eigenvalue weighted by Gasteiger charge is -2.15. The van der Waals surface area contributed by atoms with Crippen LogP contribution >= 0.6 is 47.1 Å². The van der Waals surface area contributed by atoms with E-state index in [2.05, 4.69) is 53.5 Å². The second-order valence-corrected chi connectivity index (χ2v) is 8.60. The van der Waals surface area contributed by atoms with Gasteiger partial charge >= 0.3 is 0 Å². The second kappa shape index (κ2) is 9.32. The summed E-state index contributed by atoms with van der Waals surface area (Å²) in [6.45, 7) is 8.31. The summed E-state index contributed by atoms with van der Waals surface area (Å²) in [7, 11) is 1.82. The van der Waals surface area contributed by atoms with Crippen molar-refractivity contribution >= 4 is 53.0 Å². The molecule has 1 aliphatic heterocycles. The van der Waals surface area contributed by atoms with Gasteiger partial charge in [0.15, 0.2) is 5.96 Å². The van der Waals surface area contributed by atoms with Crippen molar-refractivity contribution in [1.82, 2.24) is 15.6 Å². The SMILES string of the molecule is CN=C(NCc1csc(C(C)(C)C)n1)NCC1CCCS1.I. The maximum Gasteiger partial charge on any atom is 0.191 e. The quantitative estimate of drug-likeness (QED) is 0.415. The Bertz CT molecular complexity index is 476. The molecule has 1 fully saturated rings. The number of thiazole rings is 1. The van der Waals surface area contributed by atoms with Crippen LogP contribution in [0.2, 0.25) is 0 Å². The molecule has 2 N–H and O–H groups in total. The number of nitrogens with one attached hydrogen (secondary N) is 2. The van der Waals surface area contributed by atoms with Gasteiger partial charge in [0.2, 0.25) is 0 Å². The molecule has 1 aromatic heterocycles. The molecule has 4 nitrogen and oxygen atoms in total. The van der Waals surface area contributed by atoms with Crippen molar-refractivity contribution in [2.45, 2.75) is 50.8 Å². The van der Waals surface area contributed by atoms with E-state index in [1.807, 2.05) is 7.05 Å². The third kappa shape index (κ3) is 6.23. The minimum Gasteiger partial charge on any atom is -0.355 e. The highest BCUT2D eigenvalue weighted by molar-refractivity contribution is 14.0. The monoisotopic (exact) mass is 454 g/mol. The van der Waals surface area contributed by atoms with Crippen molar-refractivity contribution in [3.05, 3.63) is 16.1 Å². The Balaban J connectivity index is 0.00000242. The highest BCUT2D eigenvalue weighted by Gasteiger charge is 2.18. The first-order valence-corrected chi connectivity index (χ1v) is 9.43. The molecule has 1 aliphatic rings. The fourth-order valence-corrected chi connectivity index (χ4v) is 4.25. The van der Waals surface area contributed by atoms with Crippen LogP contribution in [0.15, 0.2) is 10.4 Å². The third-order valence-electron chi connectivity index (χ3n) is 3.38. The molecule has 0 radical (unpaired) electrons. The molecule has 0 spiro atoms. The largest absolute Gasteiger partial charge is 0.355 e. The molecule has 0 aliphatic carbocycles. The summed E-state index contributed by atoms with van der Waals surface area (Å²) in [4.78, 5) is 8.97. The summed E-state index contributed by atoms with van der Waals surface area (Å²) < 4.78 is 0. The van der Waals surface area contributed by atoms with E-state index in [-0.39, 0.29) is 29.4 Å². The summed E-state index contributed by atoms with van der Waals surface area (Å²) >= 11 is 3.79. The summed E-state index contributed by atoms with van der Waals surface area (Å²) in [6, 6.07) is 0. The Morgan fingerprint density at radius 1 is 1.41 bits per heavy atom. The zero-order valence-electron chi connectivity index (χ0n) is 13.8. The lowest BCUT2D eigenvalue weighted by molar-refractivity contribution is 0.582. The molecule has 1 unspecified atom stereocenters. The number of rotatable bonds is 4. The topological polar surface area (TPSA) is 49.3 Å². The number of halogens is 1. The average Bonchev–Trinajstić information content (AvgIpc) is 3.09. The van der Waals surface area contributed by atoms with Gasteiger partial charge in [0, 0.05) is 29.6 Å². The summed E-state index contributed by atoms with van der Waals surface area (Å²) in [5, 5.41) is 10.8. The van der Waals surface area contributed by atoms with Gasteiger partial charge in [-0.25, -0.2) is 4.98 Å². The Labute approximate surface area is 159 Å². The first-order valence-electron chi connectivity index (χ1n) is 7.50. The minimum atomic E-state index is 0. The van der Waals surface area contributed by atoms with Gasteiger partial charge in [0.25, 0.3) is 0 Å². The van der Waals surface area contributed by atoms with E-state index in [1.54, 1.807) is 11.3 Å². The number of aromatic nitrogens is 1. The van der Waals surface area contributed by atoms with Crippen LogP contribution in [0, 0.1) is 0 Å². The first kappa shape index (κ1) is 20.0. The Hall–Kier alpha value is -0.0200. The predicted molar refractivity (Wildman–Crippen MR) is 110 cm³/mol. The molecule has 1 saturated heterocycles. The van der Waals surface area contributed by atoms with Gasteiger partial charge in [0.1, 0.15) is 0 Å². The Morgan fingerprint density at radius 3 is 2.73 bits per heavy atom. The molecule has 0 amide bonds. The van der Waals surface area contributed by atoms with Crippen LogP contribution in [-0.4, -0.2) is 35.5 Å². The maximum absolute atomic E-state index is 4.69. The second-order valence-electron chi connectivity index (χ2n) is 6.34. The molecule has 22 heavy (non-hydrogen) atoms. The lowest BCUT2D eigenvalue weighted by atomic mass is 9.98. The van der Waals surface area contributed by atoms with E-state index in [1.165, 1.54) is 23.6 Å². The minimum absolute atomic E-state index is 0. The molecule has 1 aromatic rings. The van der Waals surface area contributed by atoms with Gasteiger partial charge < -0.3 is 10.6 Å². The van der Waals surface area contributed by atoms with Gasteiger partial charge in [-0.05, 0) is 18.6 Å². The van der Waals surface area contributed by atoms with Crippen molar-refractivity contribution in [2.75, 3.05) is 19.3 Å². The number of aliphatic imine (C=N–C) groups is 1. The van der Waals surface area contributed by atoms with Crippen molar-refractivity contribution in [2.24, 2.45) is 4.99 Å². The number of guanidine groups is 1. The molecule has 0 saturated carbocycles. The van der Waals surface area contributed by atoms with E-state index in [4.69, 9.17) is 4.98 Å². The fourth-order valence-electron chi connectivity index (χ4n) is 2.14. The standard InChI is InChI=1S/C15H26N4S2.HI/c1-15(2,3)13-19-11(10-21-13)8-17-14(16-4)18-9-12-6-5-7-20-12;/h10,12H,5-9H2,1-4H3,(H2,16,17,18);1H. The lowest BCUT2D eigenvalue weighted by Crippen LogP contribution is -2.39. The predicted octanol–water partition coefficient (Wildman–Crippen LogP) is 3.62. The zero-order valence-corrected chi connectivity index (χ0v) is 17.8. The number of hydrogen-bond acceptors (Lipinski definition) is 4. The van der Waals surface area contributed by atoms with E-state index in [0.29, 0.717) is 0 Å². The average molecular weight is 454 g/mol. The first-order chi connectivity index (χ1) is 9.99. The normalized spacial score (nSPS) is 18.9. The Morgan fingerprint density at radius 2 is 2.18 bits per heavy atom. The van der Waals surface area contributed by atoms with E-state index >= 15 is 0 Å². The smallest absolute Gasteiger partial charge is 0.191 e. The summed E-state index contributed by atoms with van der Waals surface area (Å²) in [5.74, 6) is 2.17. The highest BCUT2D eigenvalue weighted by atomic mass is 127. The van der Waals surface area contributed by atoms with Gasteiger partial charge in [0.05, 0.1) is 17.2 Å². The highest BCUT2D eigenvalue weighted by Crippen LogP contribution is 2.26. The maximum atomic E-state index is 4.69. The van der Waals surface area contributed by atoms with Crippen LogP contribution < -0.4 is 10.6 Å². The van der Waals surface area contributed by atoms with Crippen LogP contribution in [0.3, 0.4) is 0 Å². The molecule has 7 heteroatoms. The fraction of sp³-hybridized carbons (Fsp3) is 0.733. The van der Waals surface area contributed by atoms with E-state index < -0.39 is 0 Å². The van der Waals surface area contributed by atoms with Crippen LogP contribution in [0.4, 0.5) is 0 Å². The molecule has 2 rings (SSSR count).